The molecular formula is C19H16F2N4O. The molecule has 0 spiro atoms. The van der Waals surface area contributed by atoms with Crippen LogP contribution in [0, 0.1) is 18.6 Å². The van der Waals surface area contributed by atoms with Gasteiger partial charge < -0.3 is 10.6 Å². The molecule has 0 aliphatic rings. The number of aryl methyl sites for hydroxylation is 1. The first-order valence-corrected chi connectivity index (χ1v) is 7.91. The molecule has 132 valence electrons. The Balaban J connectivity index is 1.70. The highest BCUT2D eigenvalue weighted by Crippen LogP contribution is 2.18. The summed E-state index contributed by atoms with van der Waals surface area (Å²) in [7, 11) is 0. The molecule has 0 aliphatic carbocycles. The fourth-order valence-electron chi connectivity index (χ4n) is 2.33. The molecule has 0 saturated carbocycles. The van der Waals surface area contributed by atoms with Crippen LogP contribution in [0.2, 0.25) is 0 Å². The summed E-state index contributed by atoms with van der Waals surface area (Å²) in [6.45, 7) is 2.33. The second kappa shape index (κ2) is 7.69. The van der Waals surface area contributed by atoms with Crippen molar-refractivity contribution in [2.24, 2.45) is 0 Å². The summed E-state index contributed by atoms with van der Waals surface area (Å²) in [5.41, 5.74) is 2.23. The minimum atomic E-state index is -0.775. The number of hydrogen-bond acceptors (Lipinski definition) is 4. The first-order chi connectivity index (χ1) is 12.5. The lowest BCUT2D eigenvalue weighted by atomic mass is 10.1. The van der Waals surface area contributed by atoms with E-state index in [4.69, 9.17) is 0 Å². The SMILES string of the molecule is Cc1ccccc1CNC(=O)c1ccnc(Nc2ccc(F)cc2F)n1. The maximum atomic E-state index is 13.7. The highest BCUT2D eigenvalue weighted by molar-refractivity contribution is 5.92. The average Bonchev–Trinajstić information content (AvgIpc) is 2.63. The van der Waals surface area contributed by atoms with E-state index in [0.717, 1.165) is 23.3 Å². The van der Waals surface area contributed by atoms with Crippen molar-refractivity contribution < 1.29 is 13.6 Å². The van der Waals surface area contributed by atoms with Crippen LogP contribution < -0.4 is 10.6 Å². The molecule has 2 N–H and O–H groups in total. The van der Waals surface area contributed by atoms with Gasteiger partial charge in [0.1, 0.15) is 17.3 Å². The van der Waals surface area contributed by atoms with Crippen LogP contribution in [-0.2, 0) is 6.54 Å². The molecule has 26 heavy (non-hydrogen) atoms. The number of carbonyl (C=O) groups excluding carboxylic acids is 1. The third-order valence-electron chi connectivity index (χ3n) is 3.77. The van der Waals surface area contributed by atoms with E-state index in [1.165, 1.54) is 18.3 Å². The minimum Gasteiger partial charge on any atom is -0.347 e. The van der Waals surface area contributed by atoms with Crippen LogP contribution >= 0.6 is 0 Å². The standard InChI is InChI=1S/C19H16F2N4O/c1-12-4-2-3-5-13(12)11-23-18(26)17-8-9-22-19(25-17)24-16-7-6-14(20)10-15(16)21/h2-10H,11H2,1H3,(H,23,26)(H,22,24,25). The maximum absolute atomic E-state index is 13.7. The predicted molar refractivity (Wildman–Crippen MR) is 94.0 cm³/mol. The molecule has 0 saturated heterocycles. The van der Waals surface area contributed by atoms with Crippen molar-refractivity contribution in [2.45, 2.75) is 13.5 Å². The lowest BCUT2D eigenvalue weighted by Gasteiger charge is -2.09. The summed E-state index contributed by atoms with van der Waals surface area (Å²) in [6, 6.07) is 12.3. The molecule has 0 aliphatic heterocycles. The Bertz CT molecular complexity index is 946. The number of carbonyl (C=O) groups is 1. The summed E-state index contributed by atoms with van der Waals surface area (Å²) in [5, 5.41) is 5.42. The van der Waals surface area contributed by atoms with Gasteiger partial charge in [-0.25, -0.2) is 18.7 Å². The van der Waals surface area contributed by atoms with Gasteiger partial charge in [-0.2, -0.15) is 0 Å². The summed E-state index contributed by atoms with van der Waals surface area (Å²) >= 11 is 0. The molecule has 1 aromatic heterocycles. The Labute approximate surface area is 149 Å². The fourth-order valence-corrected chi connectivity index (χ4v) is 2.33. The van der Waals surface area contributed by atoms with Crippen molar-refractivity contribution in [3.63, 3.8) is 0 Å². The van der Waals surface area contributed by atoms with Crippen LogP contribution in [0.25, 0.3) is 0 Å². The Kier molecular flexibility index (Phi) is 5.17. The normalized spacial score (nSPS) is 10.4. The number of aromatic nitrogens is 2. The molecule has 5 nitrogen and oxygen atoms in total. The van der Waals surface area contributed by atoms with Gasteiger partial charge in [-0.05, 0) is 36.2 Å². The van der Waals surface area contributed by atoms with Gasteiger partial charge >= 0.3 is 0 Å². The zero-order valence-corrected chi connectivity index (χ0v) is 14.0. The quantitative estimate of drug-likeness (QED) is 0.733. The number of halogens is 2. The van der Waals surface area contributed by atoms with E-state index in [9.17, 15) is 13.6 Å². The van der Waals surface area contributed by atoms with Gasteiger partial charge in [-0.1, -0.05) is 24.3 Å². The highest BCUT2D eigenvalue weighted by atomic mass is 19.1. The van der Waals surface area contributed by atoms with Gasteiger partial charge in [0, 0.05) is 18.8 Å². The zero-order valence-electron chi connectivity index (χ0n) is 14.0. The van der Waals surface area contributed by atoms with Crippen LogP contribution in [0.4, 0.5) is 20.4 Å². The highest BCUT2D eigenvalue weighted by Gasteiger charge is 2.11. The summed E-state index contributed by atoms with van der Waals surface area (Å²) in [4.78, 5) is 20.3. The van der Waals surface area contributed by atoms with Crippen molar-refractivity contribution in [1.29, 1.82) is 0 Å². The zero-order chi connectivity index (χ0) is 18.5. The lowest BCUT2D eigenvalue weighted by Crippen LogP contribution is -2.24. The van der Waals surface area contributed by atoms with Crippen molar-refractivity contribution in [3.8, 4) is 0 Å². The van der Waals surface area contributed by atoms with Crippen LogP contribution in [-0.4, -0.2) is 15.9 Å². The second-order valence-corrected chi connectivity index (χ2v) is 5.62. The number of rotatable bonds is 5. The Morgan fingerprint density at radius 3 is 2.69 bits per heavy atom. The minimum absolute atomic E-state index is 0.0175. The molecule has 0 bridgehead atoms. The molecule has 3 aromatic rings. The summed E-state index contributed by atoms with van der Waals surface area (Å²) < 4.78 is 26.7. The molecular weight excluding hydrogens is 338 g/mol. The number of benzene rings is 2. The molecule has 0 atom stereocenters. The topological polar surface area (TPSA) is 66.9 Å². The van der Waals surface area contributed by atoms with Crippen molar-refractivity contribution in [1.82, 2.24) is 15.3 Å². The molecule has 1 heterocycles. The number of amides is 1. The second-order valence-electron chi connectivity index (χ2n) is 5.62. The molecule has 2 aromatic carbocycles. The van der Waals surface area contributed by atoms with Crippen LogP contribution in [0.1, 0.15) is 21.6 Å². The van der Waals surface area contributed by atoms with E-state index >= 15 is 0 Å². The maximum Gasteiger partial charge on any atom is 0.270 e. The average molecular weight is 354 g/mol. The lowest BCUT2D eigenvalue weighted by molar-refractivity contribution is 0.0946. The third kappa shape index (κ3) is 4.18. The Hall–Kier alpha value is -3.35. The fraction of sp³-hybridized carbons (Fsp3) is 0.105. The summed E-state index contributed by atoms with van der Waals surface area (Å²) in [6.07, 6.45) is 1.39. The van der Waals surface area contributed by atoms with E-state index in [1.54, 1.807) is 0 Å². The van der Waals surface area contributed by atoms with Crippen molar-refractivity contribution >= 4 is 17.5 Å². The molecule has 0 fully saturated rings. The first kappa shape index (κ1) is 17.5. The van der Waals surface area contributed by atoms with Gasteiger partial charge in [0.15, 0.2) is 0 Å². The largest absolute Gasteiger partial charge is 0.347 e. The van der Waals surface area contributed by atoms with Crippen molar-refractivity contribution in [2.75, 3.05) is 5.32 Å². The van der Waals surface area contributed by atoms with Crippen LogP contribution in [0.3, 0.4) is 0 Å². The van der Waals surface area contributed by atoms with E-state index < -0.39 is 11.6 Å². The Morgan fingerprint density at radius 2 is 1.92 bits per heavy atom. The number of hydrogen-bond donors (Lipinski definition) is 2. The number of anilines is 2. The van der Waals surface area contributed by atoms with Gasteiger partial charge in [-0.3, -0.25) is 4.79 Å². The Morgan fingerprint density at radius 1 is 1.12 bits per heavy atom. The molecule has 3 rings (SSSR count). The van der Waals surface area contributed by atoms with E-state index in [-0.39, 0.29) is 23.2 Å². The van der Waals surface area contributed by atoms with Gasteiger partial charge in [0.25, 0.3) is 5.91 Å². The smallest absolute Gasteiger partial charge is 0.270 e. The van der Waals surface area contributed by atoms with E-state index in [2.05, 4.69) is 20.6 Å². The van der Waals surface area contributed by atoms with Crippen LogP contribution in [0.15, 0.2) is 54.7 Å². The van der Waals surface area contributed by atoms with Crippen LogP contribution in [0.5, 0.6) is 0 Å². The third-order valence-corrected chi connectivity index (χ3v) is 3.77. The molecule has 0 radical (unpaired) electrons. The number of nitrogens with one attached hydrogen (secondary N) is 2. The van der Waals surface area contributed by atoms with Gasteiger partial charge in [0.2, 0.25) is 5.95 Å². The van der Waals surface area contributed by atoms with E-state index in [0.29, 0.717) is 6.54 Å². The summed E-state index contributed by atoms with van der Waals surface area (Å²) in [5.74, 6) is -1.79. The monoisotopic (exact) mass is 354 g/mol. The van der Waals surface area contributed by atoms with Gasteiger partial charge in [0.05, 0.1) is 5.69 Å². The van der Waals surface area contributed by atoms with Crippen molar-refractivity contribution in [3.05, 3.63) is 83.2 Å². The predicted octanol–water partition coefficient (Wildman–Crippen LogP) is 3.74. The van der Waals surface area contributed by atoms with Gasteiger partial charge in [-0.15, -0.1) is 0 Å². The molecule has 0 unspecified atom stereocenters. The number of nitrogens with zero attached hydrogens (tertiary/aromatic N) is 2. The molecule has 7 heteroatoms. The first-order valence-electron chi connectivity index (χ1n) is 7.91. The molecule has 1 amide bonds. The van der Waals surface area contributed by atoms with E-state index in [1.807, 2.05) is 31.2 Å².